The van der Waals surface area contributed by atoms with Crippen molar-refractivity contribution in [2.45, 2.75) is 13.5 Å². The molecule has 0 radical (unpaired) electrons. The first-order chi connectivity index (χ1) is 10.4. The van der Waals surface area contributed by atoms with E-state index in [1.807, 2.05) is 35.1 Å². The maximum absolute atomic E-state index is 12.1. The number of aryl methyl sites for hydroxylation is 1. The molecule has 0 bridgehead atoms. The summed E-state index contributed by atoms with van der Waals surface area (Å²) in [7, 11) is 7.44. The highest BCUT2D eigenvalue weighted by molar-refractivity contribution is 7.11. The van der Waals surface area contributed by atoms with E-state index < -0.39 is 0 Å². The number of nitrogens with zero attached hydrogens (tertiary/aromatic N) is 6. The highest BCUT2D eigenvalue weighted by Gasteiger charge is 2.14. The van der Waals surface area contributed by atoms with Gasteiger partial charge in [-0.1, -0.05) is 0 Å². The Bertz CT molecular complexity index is 642. The van der Waals surface area contributed by atoms with Crippen molar-refractivity contribution >= 4 is 29.1 Å². The fourth-order valence-corrected chi connectivity index (χ4v) is 2.35. The first-order valence-electron chi connectivity index (χ1n) is 6.66. The first kappa shape index (κ1) is 16.1. The van der Waals surface area contributed by atoms with Crippen LogP contribution in [-0.4, -0.2) is 54.0 Å². The lowest BCUT2D eigenvalue weighted by Crippen LogP contribution is -2.26. The largest absolute Gasteiger partial charge is 0.347 e. The molecule has 0 aliphatic heterocycles. The fourth-order valence-electron chi connectivity index (χ4n) is 1.63. The van der Waals surface area contributed by atoms with Crippen molar-refractivity contribution in [2.24, 2.45) is 0 Å². The fraction of sp³-hybridized carbons (Fsp3) is 0.462. The molecular formula is C13H19N7OS. The number of carbonyl (C=O) groups is 1. The molecule has 0 aromatic carbocycles. The summed E-state index contributed by atoms with van der Waals surface area (Å²) in [6.07, 6.45) is 0. The lowest BCUT2D eigenvalue weighted by Gasteiger charge is -2.16. The molecule has 8 nitrogen and oxygen atoms in total. The minimum atomic E-state index is -0.168. The van der Waals surface area contributed by atoms with E-state index >= 15 is 0 Å². The molecule has 0 saturated carbocycles. The molecule has 0 aliphatic rings. The van der Waals surface area contributed by atoms with Gasteiger partial charge in [0.1, 0.15) is 4.88 Å². The third kappa shape index (κ3) is 3.67. The number of aromatic nitrogens is 4. The van der Waals surface area contributed by atoms with Crippen molar-refractivity contribution in [1.29, 1.82) is 0 Å². The van der Waals surface area contributed by atoms with Crippen LogP contribution >= 0.6 is 11.3 Å². The molecule has 0 saturated heterocycles. The van der Waals surface area contributed by atoms with Gasteiger partial charge in [-0.2, -0.15) is 15.0 Å². The van der Waals surface area contributed by atoms with Gasteiger partial charge in [0, 0.05) is 28.2 Å². The third-order valence-electron chi connectivity index (χ3n) is 2.82. The smallest absolute Gasteiger partial charge is 0.263 e. The van der Waals surface area contributed by atoms with Crippen molar-refractivity contribution in [1.82, 2.24) is 25.3 Å². The minimum absolute atomic E-state index is 0.168. The lowest BCUT2D eigenvalue weighted by atomic mass is 10.4. The molecule has 0 atom stereocenters. The van der Waals surface area contributed by atoms with Gasteiger partial charge in [0.05, 0.1) is 17.7 Å². The maximum Gasteiger partial charge on any atom is 0.263 e. The summed E-state index contributed by atoms with van der Waals surface area (Å²) in [5.41, 5.74) is 2.38. The second-order valence-electron chi connectivity index (χ2n) is 5.09. The summed E-state index contributed by atoms with van der Waals surface area (Å²) in [5, 5.41) is 2.82. The van der Waals surface area contributed by atoms with Crippen LogP contribution in [0.3, 0.4) is 0 Å². The number of anilines is 2. The standard InChI is InChI=1S/C13H19N7OS/c1-8-10(22-7-15-8)11(21)14-6-9-16-12(19(2)3)18-13(17-9)20(4)5/h7H,6H2,1-5H3,(H,14,21). The molecule has 22 heavy (non-hydrogen) atoms. The Labute approximate surface area is 133 Å². The van der Waals surface area contributed by atoms with Crippen molar-refractivity contribution in [3.63, 3.8) is 0 Å². The second-order valence-corrected chi connectivity index (χ2v) is 5.94. The van der Waals surface area contributed by atoms with E-state index in [1.54, 1.807) is 15.3 Å². The summed E-state index contributed by atoms with van der Waals surface area (Å²) < 4.78 is 0. The SMILES string of the molecule is Cc1ncsc1C(=O)NCc1nc(N(C)C)nc(N(C)C)n1. The Kier molecular flexibility index (Phi) is 4.86. The summed E-state index contributed by atoms with van der Waals surface area (Å²) in [5.74, 6) is 1.45. The Balaban J connectivity index is 2.15. The number of hydrogen-bond donors (Lipinski definition) is 1. The normalized spacial score (nSPS) is 10.4. The number of thiazole rings is 1. The Morgan fingerprint density at radius 2 is 1.73 bits per heavy atom. The molecule has 0 fully saturated rings. The highest BCUT2D eigenvalue weighted by Crippen LogP contribution is 2.13. The lowest BCUT2D eigenvalue weighted by molar-refractivity contribution is 0.0953. The number of hydrogen-bond acceptors (Lipinski definition) is 8. The predicted molar refractivity (Wildman–Crippen MR) is 86.5 cm³/mol. The molecule has 9 heteroatoms. The summed E-state index contributed by atoms with van der Waals surface area (Å²) in [6.45, 7) is 2.04. The van der Waals surface area contributed by atoms with Crippen LogP contribution in [0.2, 0.25) is 0 Å². The van der Waals surface area contributed by atoms with Gasteiger partial charge < -0.3 is 15.1 Å². The van der Waals surface area contributed by atoms with Crippen LogP contribution in [-0.2, 0) is 6.54 Å². The molecular weight excluding hydrogens is 302 g/mol. The topological polar surface area (TPSA) is 87.1 Å². The Hall–Kier alpha value is -2.29. The van der Waals surface area contributed by atoms with Gasteiger partial charge in [-0.15, -0.1) is 11.3 Å². The average Bonchev–Trinajstić information content (AvgIpc) is 2.90. The average molecular weight is 321 g/mol. The van der Waals surface area contributed by atoms with E-state index in [1.165, 1.54) is 11.3 Å². The van der Waals surface area contributed by atoms with Crippen LogP contribution in [0, 0.1) is 6.92 Å². The summed E-state index contributed by atoms with van der Waals surface area (Å²) in [6, 6.07) is 0. The van der Waals surface area contributed by atoms with Gasteiger partial charge in [-0.3, -0.25) is 4.79 Å². The first-order valence-corrected chi connectivity index (χ1v) is 7.54. The molecule has 2 aromatic rings. The van der Waals surface area contributed by atoms with Gasteiger partial charge in [-0.25, -0.2) is 4.98 Å². The van der Waals surface area contributed by atoms with E-state index in [0.29, 0.717) is 22.6 Å². The quantitative estimate of drug-likeness (QED) is 0.867. The van der Waals surface area contributed by atoms with Crippen LogP contribution in [0.15, 0.2) is 5.51 Å². The van der Waals surface area contributed by atoms with E-state index in [0.717, 1.165) is 5.69 Å². The van der Waals surface area contributed by atoms with Crippen LogP contribution in [0.1, 0.15) is 21.2 Å². The molecule has 0 unspecified atom stereocenters. The maximum atomic E-state index is 12.1. The van der Waals surface area contributed by atoms with Gasteiger partial charge in [0.15, 0.2) is 5.82 Å². The highest BCUT2D eigenvalue weighted by atomic mass is 32.1. The van der Waals surface area contributed by atoms with Crippen LogP contribution < -0.4 is 15.1 Å². The monoisotopic (exact) mass is 321 g/mol. The van der Waals surface area contributed by atoms with E-state index in [-0.39, 0.29) is 12.5 Å². The van der Waals surface area contributed by atoms with Crippen LogP contribution in [0.25, 0.3) is 0 Å². The summed E-state index contributed by atoms with van der Waals surface area (Å²) in [4.78, 5) is 33.4. The van der Waals surface area contributed by atoms with Gasteiger partial charge in [0.2, 0.25) is 11.9 Å². The number of carbonyl (C=O) groups excluding carboxylic acids is 1. The number of nitrogens with one attached hydrogen (secondary N) is 1. The van der Waals surface area contributed by atoms with Crippen molar-refractivity contribution in [3.05, 3.63) is 21.9 Å². The van der Waals surface area contributed by atoms with Crippen molar-refractivity contribution in [2.75, 3.05) is 38.0 Å². The minimum Gasteiger partial charge on any atom is -0.347 e. The molecule has 118 valence electrons. The van der Waals surface area contributed by atoms with E-state index in [2.05, 4.69) is 25.3 Å². The van der Waals surface area contributed by atoms with Gasteiger partial charge >= 0.3 is 0 Å². The molecule has 0 aliphatic carbocycles. The zero-order valence-electron chi connectivity index (χ0n) is 13.3. The van der Waals surface area contributed by atoms with Gasteiger partial charge in [-0.05, 0) is 6.92 Å². The molecule has 1 amide bonds. The zero-order valence-corrected chi connectivity index (χ0v) is 14.1. The molecule has 2 aromatic heterocycles. The molecule has 2 heterocycles. The van der Waals surface area contributed by atoms with E-state index in [4.69, 9.17) is 0 Å². The molecule has 2 rings (SSSR count). The van der Waals surface area contributed by atoms with Crippen LogP contribution in [0.4, 0.5) is 11.9 Å². The second kappa shape index (κ2) is 6.65. The van der Waals surface area contributed by atoms with Gasteiger partial charge in [0.25, 0.3) is 5.91 Å². The van der Waals surface area contributed by atoms with Crippen molar-refractivity contribution in [3.8, 4) is 0 Å². The zero-order chi connectivity index (χ0) is 16.3. The number of rotatable bonds is 5. The Morgan fingerprint density at radius 3 is 2.18 bits per heavy atom. The van der Waals surface area contributed by atoms with E-state index in [9.17, 15) is 4.79 Å². The Morgan fingerprint density at radius 1 is 1.14 bits per heavy atom. The third-order valence-corrected chi connectivity index (χ3v) is 3.74. The van der Waals surface area contributed by atoms with Crippen molar-refractivity contribution < 1.29 is 4.79 Å². The molecule has 1 N–H and O–H groups in total. The number of amides is 1. The van der Waals surface area contributed by atoms with Crippen LogP contribution in [0.5, 0.6) is 0 Å². The molecule has 0 spiro atoms. The summed E-state index contributed by atoms with van der Waals surface area (Å²) >= 11 is 1.32. The predicted octanol–water partition coefficient (Wildman–Crippen LogP) is 0.699.